The topological polar surface area (TPSA) is 60.3 Å². The molecule has 2 heterocycles. The van der Waals surface area contributed by atoms with Gasteiger partial charge in [0.15, 0.2) is 6.29 Å². The molecule has 0 aliphatic heterocycles. The number of nitrogens with one attached hydrogen (secondary N) is 1. The molecule has 0 aliphatic rings. The predicted molar refractivity (Wildman–Crippen MR) is 183 cm³/mol. The minimum absolute atomic E-state index is 0.454. The molecule has 0 bridgehead atoms. The molecule has 6 aromatic carbocycles. The van der Waals surface area contributed by atoms with Crippen LogP contribution in [0.2, 0.25) is 0 Å². The van der Waals surface area contributed by atoms with E-state index < -0.39 is 6.29 Å². The van der Waals surface area contributed by atoms with Crippen LogP contribution in [0.3, 0.4) is 0 Å². The van der Waals surface area contributed by atoms with Gasteiger partial charge in [0.25, 0.3) is 0 Å². The minimum Gasteiger partial charge on any atom is -0.383 e. The van der Waals surface area contributed by atoms with Gasteiger partial charge in [-0.05, 0) is 42.0 Å². The number of hydrogen-bond acceptors (Lipinski definition) is 2. The minimum atomic E-state index is -0.454. The number of hydrogen-bond donors (Lipinski definition) is 2. The number of benzene rings is 6. The molecule has 0 amide bonds. The van der Waals surface area contributed by atoms with Crippen molar-refractivity contribution < 1.29 is 0 Å². The molecule has 0 saturated heterocycles. The Morgan fingerprint density at radius 3 is 1.86 bits per heavy atom. The number of nitrogens with zero attached hydrogens (tertiary/aromatic N) is 3. The maximum Gasteiger partial charge on any atom is 0.183 e. The van der Waals surface area contributed by atoms with Crippen LogP contribution < -0.4 is 11.1 Å². The van der Waals surface area contributed by atoms with Gasteiger partial charge in [-0.25, -0.2) is 4.99 Å². The summed E-state index contributed by atoms with van der Waals surface area (Å²) in [7, 11) is 0. The SMILES string of the molecule is NC(=NC(NCc1ccccc1)n1c2ccccc2c2cc3c4ccccc4n(-c4ccccc4)c3cc21)c1ccccc1. The second kappa shape index (κ2) is 10.9. The molecule has 212 valence electrons. The third kappa shape index (κ3) is 4.42. The van der Waals surface area contributed by atoms with Crippen LogP contribution in [0.4, 0.5) is 0 Å². The van der Waals surface area contributed by atoms with E-state index >= 15 is 0 Å². The molecule has 2 aromatic heterocycles. The predicted octanol–water partition coefficient (Wildman–Crippen LogP) is 8.54. The van der Waals surface area contributed by atoms with E-state index in [9.17, 15) is 0 Å². The first-order valence-electron chi connectivity index (χ1n) is 14.9. The van der Waals surface area contributed by atoms with Gasteiger partial charge in [-0.15, -0.1) is 0 Å². The third-order valence-corrected chi connectivity index (χ3v) is 8.42. The summed E-state index contributed by atoms with van der Waals surface area (Å²) in [5.74, 6) is 0.488. The average Bonchev–Trinajstić information content (AvgIpc) is 3.59. The van der Waals surface area contributed by atoms with Crippen LogP contribution >= 0.6 is 0 Å². The van der Waals surface area contributed by atoms with Gasteiger partial charge < -0.3 is 14.9 Å². The molecule has 5 nitrogen and oxygen atoms in total. The van der Waals surface area contributed by atoms with Gasteiger partial charge in [0.05, 0.1) is 22.1 Å². The molecule has 1 unspecified atom stereocenters. The zero-order valence-corrected chi connectivity index (χ0v) is 24.1. The van der Waals surface area contributed by atoms with Gasteiger partial charge in [-0.2, -0.15) is 0 Å². The molecule has 0 fully saturated rings. The number of aliphatic imine (C=N–C) groups is 1. The lowest BCUT2D eigenvalue weighted by Crippen LogP contribution is -2.28. The summed E-state index contributed by atoms with van der Waals surface area (Å²) in [4.78, 5) is 5.15. The van der Waals surface area contributed by atoms with Crippen molar-refractivity contribution in [1.29, 1.82) is 0 Å². The Labute approximate surface area is 255 Å². The summed E-state index contributed by atoms with van der Waals surface area (Å²) in [6.45, 7) is 0.637. The van der Waals surface area contributed by atoms with Crippen LogP contribution in [0, 0.1) is 0 Å². The van der Waals surface area contributed by atoms with E-state index in [0.29, 0.717) is 12.4 Å². The van der Waals surface area contributed by atoms with E-state index in [2.05, 4.69) is 130 Å². The molecule has 8 aromatic rings. The molecule has 5 heteroatoms. The summed E-state index contributed by atoms with van der Waals surface area (Å²) >= 11 is 0. The highest BCUT2D eigenvalue weighted by molar-refractivity contribution is 6.18. The van der Waals surface area contributed by atoms with Crippen molar-refractivity contribution in [2.75, 3.05) is 0 Å². The maximum absolute atomic E-state index is 6.69. The van der Waals surface area contributed by atoms with Crippen molar-refractivity contribution in [3.63, 3.8) is 0 Å². The van der Waals surface area contributed by atoms with E-state index in [4.69, 9.17) is 10.7 Å². The summed E-state index contributed by atoms with van der Waals surface area (Å²) < 4.78 is 4.66. The fourth-order valence-electron chi connectivity index (χ4n) is 6.39. The van der Waals surface area contributed by atoms with Crippen LogP contribution in [0.5, 0.6) is 0 Å². The lowest BCUT2D eigenvalue weighted by molar-refractivity contribution is 0.439. The van der Waals surface area contributed by atoms with Gasteiger partial charge in [0.2, 0.25) is 0 Å². The van der Waals surface area contributed by atoms with Crippen LogP contribution in [0.1, 0.15) is 17.4 Å². The Morgan fingerprint density at radius 2 is 1.14 bits per heavy atom. The van der Waals surface area contributed by atoms with Gasteiger partial charge in [-0.3, -0.25) is 5.32 Å². The standard InChI is InChI=1S/C39H31N5/c40-38(28-16-6-2-7-17-28)42-39(41-26-27-14-4-1-5-15-27)44-35-23-13-11-21-31(35)33-24-32-30-20-10-12-22-34(30)43(36(32)25-37(33)44)29-18-8-3-9-19-29/h1-25,39,41H,26H2,(H2,40,42). The van der Waals surface area contributed by atoms with Gasteiger partial charge in [0, 0.05) is 39.3 Å². The lowest BCUT2D eigenvalue weighted by Gasteiger charge is -2.20. The first-order chi connectivity index (χ1) is 21.8. The maximum atomic E-state index is 6.69. The number of fused-ring (bicyclic) bond motifs is 6. The van der Waals surface area contributed by atoms with Crippen molar-refractivity contribution in [2.24, 2.45) is 10.7 Å². The Morgan fingerprint density at radius 1 is 0.568 bits per heavy atom. The molecule has 3 N–H and O–H groups in total. The summed E-state index contributed by atoms with van der Waals surface area (Å²) in [5.41, 5.74) is 14.4. The largest absolute Gasteiger partial charge is 0.383 e. The van der Waals surface area contributed by atoms with Gasteiger partial charge >= 0.3 is 0 Å². The van der Waals surface area contributed by atoms with Crippen LogP contribution in [0.15, 0.2) is 157 Å². The van der Waals surface area contributed by atoms with Crippen molar-refractivity contribution in [1.82, 2.24) is 14.5 Å². The normalized spacial score (nSPS) is 12.9. The highest BCUT2D eigenvalue weighted by Gasteiger charge is 2.21. The van der Waals surface area contributed by atoms with E-state index in [1.54, 1.807) is 0 Å². The monoisotopic (exact) mass is 569 g/mol. The molecular weight excluding hydrogens is 538 g/mol. The van der Waals surface area contributed by atoms with Crippen molar-refractivity contribution in [3.8, 4) is 5.69 Å². The van der Waals surface area contributed by atoms with E-state index in [1.807, 2.05) is 36.4 Å². The average molecular weight is 570 g/mol. The van der Waals surface area contributed by atoms with Gasteiger partial charge in [-0.1, -0.05) is 115 Å². The quantitative estimate of drug-likeness (QED) is 0.149. The number of aromatic nitrogens is 2. The molecule has 44 heavy (non-hydrogen) atoms. The molecule has 0 aliphatic carbocycles. The smallest absolute Gasteiger partial charge is 0.183 e. The molecule has 0 spiro atoms. The van der Waals surface area contributed by atoms with Crippen molar-refractivity contribution in [2.45, 2.75) is 12.8 Å². The molecule has 8 rings (SSSR count). The summed E-state index contributed by atoms with van der Waals surface area (Å²) in [6, 6.07) is 52.9. The number of nitrogens with two attached hydrogens (primary N) is 1. The molecule has 0 saturated carbocycles. The Bertz CT molecular complexity index is 2280. The van der Waals surface area contributed by atoms with Crippen LogP contribution in [-0.4, -0.2) is 15.0 Å². The number of para-hydroxylation sites is 3. The Kier molecular flexibility index (Phi) is 6.43. The lowest BCUT2D eigenvalue weighted by atomic mass is 10.1. The number of rotatable bonds is 7. The van der Waals surface area contributed by atoms with Crippen molar-refractivity contribution >= 4 is 49.4 Å². The zero-order chi connectivity index (χ0) is 29.5. The fraction of sp³-hybridized carbons (Fsp3) is 0.0513. The van der Waals surface area contributed by atoms with Crippen LogP contribution in [0.25, 0.3) is 49.3 Å². The molecule has 1 atom stereocenters. The third-order valence-electron chi connectivity index (χ3n) is 8.42. The first kappa shape index (κ1) is 26.0. The first-order valence-corrected chi connectivity index (χ1v) is 14.9. The molecular formula is C39H31N5. The Balaban J connectivity index is 1.41. The summed E-state index contributed by atoms with van der Waals surface area (Å²) in [6.07, 6.45) is -0.454. The summed E-state index contributed by atoms with van der Waals surface area (Å²) in [5, 5.41) is 8.55. The van der Waals surface area contributed by atoms with Gasteiger partial charge in [0.1, 0.15) is 5.84 Å². The van der Waals surface area contributed by atoms with E-state index in [1.165, 1.54) is 32.6 Å². The molecule has 0 radical (unpaired) electrons. The zero-order valence-electron chi connectivity index (χ0n) is 24.1. The number of amidine groups is 1. The Hall–Kier alpha value is -5.65. The highest BCUT2D eigenvalue weighted by Crippen LogP contribution is 2.39. The fourth-order valence-corrected chi connectivity index (χ4v) is 6.39. The highest BCUT2D eigenvalue weighted by atomic mass is 15.3. The second-order valence-corrected chi connectivity index (χ2v) is 11.1. The van der Waals surface area contributed by atoms with Crippen LogP contribution in [-0.2, 0) is 6.54 Å². The second-order valence-electron chi connectivity index (χ2n) is 11.1. The van der Waals surface area contributed by atoms with E-state index in [0.717, 1.165) is 27.8 Å². The van der Waals surface area contributed by atoms with Crippen molar-refractivity contribution in [3.05, 3.63) is 163 Å². The van der Waals surface area contributed by atoms with E-state index in [-0.39, 0.29) is 0 Å².